The standard InChI is InChI=1S/C13H21N3O3/c1-5-18-13-11(6-12(17)15(4)14-13)16-7-9(2)19-10(3)8-16/h6,9-10H,5,7-8H2,1-4H3. The molecule has 2 rings (SSSR count). The van der Waals surface area contributed by atoms with Crippen molar-refractivity contribution in [1.82, 2.24) is 9.78 Å². The van der Waals surface area contributed by atoms with Gasteiger partial charge in [-0.2, -0.15) is 0 Å². The molecule has 0 bridgehead atoms. The zero-order valence-electron chi connectivity index (χ0n) is 11.9. The van der Waals surface area contributed by atoms with Crippen LogP contribution in [-0.4, -0.2) is 41.7 Å². The summed E-state index contributed by atoms with van der Waals surface area (Å²) in [5.41, 5.74) is 0.622. The van der Waals surface area contributed by atoms with E-state index in [9.17, 15) is 4.79 Å². The molecule has 2 heterocycles. The minimum atomic E-state index is -0.134. The summed E-state index contributed by atoms with van der Waals surface area (Å²) in [4.78, 5) is 13.9. The quantitative estimate of drug-likeness (QED) is 0.810. The zero-order valence-corrected chi connectivity index (χ0v) is 11.9. The zero-order chi connectivity index (χ0) is 14.0. The highest BCUT2D eigenvalue weighted by Crippen LogP contribution is 2.27. The minimum Gasteiger partial charge on any atom is -0.475 e. The first-order valence-corrected chi connectivity index (χ1v) is 6.62. The van der Waals surface area contributed by atoms with Crippen LogP contribution in [0.4, 0.5) is 5.69 Å². The number of hydrogen-bond acceptors (Lipinski definition) is 5. The van der Waals surface area contributed by atoms with Crippen LogP contribution in [0.2, 0.25) is 0 Å². The van der Waals surface area contributed by atoms with E-state index in [1.54, 1.807) is 13.1 Å². The third kappa shape index (κ3) is 3.07. The Hall–Kier alpha value is -1.56. The Balaban J connectivity index is 2.36. The van der Waals surface area contributed by atoms with Crippen LogP contribution in [0.1, 0.15) is 20.8 Å². The number of ether oxygens (including phenoxy) is 2. The van der Waals surface area contributed by atoms with E-state index in [-0.39, 0.29) is 17.8 Å². The Morgan fingerprint density at radius 2 is 2.05 bits per heavy atom. The fraction of sp³-hybridized carbons (Fsp3) is 0.692. The second-order valence-corrected chi connectivity index (χ2v) is 4.89. The Morgan fingerprint density at radius 3 is 2.63 bits per heavy atom. The highest BCUT2D eigenvalue weighted by molar-refractivity contribution is 5.54. The maximum absolute atomic E-state index is 11.8. The molecule has 6 heteroatoms. The lowest BCUT2D eigenvalue weighted by Gasteiger charge is -2.37. The molecular weight excluding hydrogens is 246 g/mol. The number of nitrogens with zero attached hydrogens (tertiary/aromatic N) is 3. The molecule has 2 atom stereocenters. The van der Waals surface area contributed by atoms with Crippen LogP contribution in [-0.2, 0) is 11.8 Å². The molecule has 0 saturated carbocycles. The first kappa shape index (κ1) is 13.9. The lowest BCUT2D eigenvalue weighted by Crippen LogP contribution is -2.46. The van der Waals surface area contributed by atoms with Crippen LogP contribution in [0.25, 0.3) is 0 Å². The van der Waals surface area contributed by atoms with Crippen LogP contribution in [0.15, 0.2) is 10.9 Å². The van der Waals surface area contributed by atoms with E-state index < -0.39 is 0 Å². The second kappa shape index (κ2) is 5.61. The average molecular weight is 267 g/mol. The number of anilines is 1. The van der Waals surface area contributed by atoms with Crippen LogP contribution in [0, 0.1) is 0 Å². The fourth-order valence-corrected chi connectivity index (χ4v) is 2.35. The maximum atomic E-state index is 11.8. The molecule has 0 radical (unpaired) electrons. The molecule has 1 aliphatic rings. The molecule has 0 spiro atoms. The number of aryl methyl sites for hydroxylation is 1. The third-order valence-electron chi connectivity index (χ3n) is 3.08. The van der Waals surface area contributed by atoms with Gasteiger partial charge in [0.25, 0.3) is 11.4 Å². The normalized spacial score (nSPS) is 23.5. The lowest BCUT2D eigenvalue weighted by molar-refractivity contribution is -0.00540. The van der Waals surface area contributed by atoms with Crippen molar-refractivity contribution in [3.8, 4) is 5.88 Å². The molecule has 106 valence electrons. The van der Waals surface area contributed by atoms with E-state index >= 15 is 0 Å². The summed E-state index contributed by atoms with van der Waals surface area (Å²) in [5.74, 6) is 0.505. The van der Waals surface area contributed by atoms with Crippen molar-refractivity contribution in [3.05, 3.63) is 16.4 Å². The van der Waals surface area contributed by atoms with Gasteiger partial charge in [-0.1, -0.05) is 0 Å². The fourth-order valence-electron chi connectivity index (χ4n) is 2.35. The summed E-state index contributed by atoms with van der Waals surface area (Å²) in [6.45, 7) is 7.95. The smallest absolute Gasteiger partial charge is 0.268 e. The highest BCUT2D eigenvalue weighted by atomic mass is 16.5. The SMILES string of the molecule is CCOc1nn(C)c(=O)cc1N1CC(C)OC(C)C1. The Bertz CT molecular complexity index is 490. The highest BCUT2D eigenvalue weighted by Gasteiger charge is 2.25. The van der Waals surface area contributed by atoms with Crippen LogP contribution in [0.5, 0.6) is 5.88 Å². The molecule has 1 aromatic rings. The van der Waals surface area contributed by atoms with Crippen LogP contribution < -0.4 is 15.2 Å². The first-order chi connectivity index (χ1) is 9.01. The van der Waals surface area contributed by atoms with Gasteiger partial charge in [-0.25, -0.2) is 4.68 Å². The largest absolute Gasteiger partial charge is 0.475 e. The molecule has 1 aliphatic heterocycles. The number of hydrogen-bond donors (Lipinski definition) is 0. The maximum Gasteiger partial charge on any atom is 0.268 e. The predicted octanol–water partition coefficient (Wildman–Crippen LogP) is 0.793. The molecule has 0 aliphatic carbocycles. The third-order valence-corrected chi connectivity index (χ3v) is 3.08. The predicted molar refractivity (Wildman–Crippen MR) is 72.9 cm³/mol. The summed E-state index contributed by atoms with van der Waals surface area (Å²) >= 11 is 0. The Kier molecular flexibility index (Phi) is 4.09. The number of rotatable bonds is 3. The van der Waals surface area contributed by atoms with Crippen molar-refractivity contribution >= 4 is 5.69 Å². The van der Waals surface area contributed by atoms with Gasteiger partial charge in [0, 0.05) is 26.2 Å². The van der Waals surface area contributed by atoms with Gasteiger partial charge in [-0.05, 0) is 20.8 Å². The molecule has 0 amide bonds. The summed E-state index contributed by atoms with van der Waals surface area (Å²) in [6, 6.07) is 1.59. The summed E-state index contributed by atoms with van der Waals surface area (Å²) < 4.78 is 12.5. The molecular formula is C13H21N3O3. The lowest BCUT2D eigenvalue weighted by atomic mass is 10.2. The van der Waals surface area contributed by atoms with Gasteiger partial charge < -0.3 is 14.4 Å². The van der Waals surface area contributed by atoms with E-state index in [4.69, 9.17) is 9.47 Å². The van der Waals surface area contributed by atoms with Crippen molar-refractivity contribution < 1.29 is 9.47 Å². The van der Waals surface area contributed by atoms with E-state index in [0.29, 0.717) is 12.5 Å². The van der Waals surface area contributed by atoms with Crippen molar-refractivity contribution in [3.63, 3.8) is 0 Å². The molecule has 19 heavy (non-hydrogen) atoms. The van der Waals surface area contributed by atoms with Gasteiger partial charge >= 0.3 is 0 Å². The van der Waals surface area contributed by atoms with Gasteiger partial charge in [-0.15, -0.1) is 5.10 Å². The molecule has 1 fully saturated rings. The Morgan fingerprint density at radius 1 is 1.42 bits per heavy atom. The Labute approximate surface area is 112 Å². The van der Waals surface area contributed by atoms with Crippen molar-refractivity contribution in [1.29, 1.82) is 0 Å². The molecule has 2 unspecified atom stereocenters. The van der Waals surface area contributed by atoms with E-state index in [1.165, 1.54) is 4.68 Å². The van der Waals surface area contributed by atoms with Crippen molar-refractivity contribution in [2.45, 2.75) is 33.0 Å². The van der Waals surface area contributed by atoms with Crippen LogP contribution >= 0.6 is 0 Å². The topological polar surface area (TPSA) is 56.6 Å². The minimum absolute atomic E-state index is 0.127. The molecule has 6 nitrogen and oxygen atoms in total. The number of aromatic nitrogens is 2. The molecule has 0 aromatic carbocycles. The number of morpholine rings is 1. The van der Waals surface area contributed by atoms with E-state index in [1.807, 2.05) is 20.8 Å². The van der Waals surface area contributed by atoms with Crippen molar-refractivity contribution in [2.24, 2.45) is 7.05 Å². The van der Waals surface area contributed by atoms with Crippen LogP contribution in [0.3, 0.4) is 0 Å². The second-order valence-electron chi connectivity index (χ2n) is 4.89. The molecule has 0 N–H and O–H groups in total. The van der Waals surface area contributed by atoms with Gasteiger partial charge in [0.1, 0.15) is 5.69 Å². The van der Waals surface area contributed by atoms with Gasteiger partial charge in [0.2, 0.25) is 0 Å². The van der Waals surface area contributed by atoms with Crippen molar-refractivity contribution in [2.75, 3.05) is 24.6 Å². The van der Waals surface area contributed by atoms with Gasteiger partial charge in [0.15, 0.2) is 0 Å². The monoisotopic (exact) mass is 267 g/mol. The van der Waals surface area contributed by atoms with Gasteiger partial charge in [0.05, 0.1) is 18.8 Å². The molecule has 1 aromatic heterocycles. The van der Waals surface area contributed by atoms with E-state index in [2.05, 4.69) is 10.00 Å². The first-order valence-electron chi connectivity index (χ1n) is 6.62. The summed E-state index contributed by atoms with van der Waals surface area (Å²) in [6.07, 6.45) is 0.254. The molecule has 1 saturated heterocycles. The van der Waals surface area contributed by atoms with E-state index in [0.717, 1.165) is 18.8 Å². The van der Waals surface area contributed by atoms with Gasteiger partial charge in [-0.3, -0.25) is 4.79 Å². The summed E-state index contributed by atoms with van der Waals surface area (Å²) in [7, 11) is 1.62. The summed E-state index contributed by atoms with van der Waals surface area (Å²) in [5, 5.41) is 4.19. The average Bonchev–Trinajstić information content (AvgIpc) is 2.32.